The average Bonchev–Trinajstić information content (AvgIpc) is 2.78. The molecule has 1 heterocycles. The summed E-state index contributed by atoms with van der Waals surface area (Å²) in [4.78, 5) is 14.4. The molecule has 0 radical (unpaired) electrons. The zero-order valence-corrected chi connectivity index (χ0v) is 11.5. The molecule has 1 N–H and O–H groups in total. The number of carbonyl (C=O) groups excluding carboxylic acids is 1. The molecular formula is C12H24N2OS. The van der Waals surface area contributed by atoms with Gasteiger partial charge in [-0.05, 0) is 25.6 Å². The Labute approximate surface area is 103 Å². The van der Waals surface area contributed by atoms with Crippen LogP contribution in [0.5, 0.6) is 0 Å². The second-order valence-corrected chi connectivity index (χ2v) is 5.45. The summed E-state index contributed by atoms with van der Waals surface area (Å²) in [7, 11) is 0. The fraction of sp³-hybridized carbons (Fsp3) is 0.917. The lowest BCUT2D eigenvalue weighted by Crippen LogP contribution is -2.45. The number of rotatable bonds is 6. The van der Waals surface area contributed by atoms with E-state index in [4.69, 9.17) is 0 Å². The molecule has 0 aromatic carbocycles. The number of nitrogens with one attached hydrogen (secondary N) is 1. The van der Waals surface area contributed by atoms with Gasteiger partial charge in [-0.25, -0.2) is 0 Å². The SMILES string of the molecule is CCCN(C(=O)C(C)CSC)C1CCNC1. The topological polar surface area (TPSA) is 32.3 Å². The minimum Gasteiger partial charge on any atom is -0.338 e. The summed E-state index contributed by atoms with van der Waals surface area (Å²) in [5.74, 6) is 1.42. The van der Waals surface area contributed by atoms with E-state index >= 15 is 0 Å². The highest BCUT2D eigenvalue weighted by atomic mass is 32.2. The first kappa shape index (κ1) is 13.8. The Morgan fingerprint density at radius 2 is 2.38 bits per heavy atom. The van der Waals surface area contributed by atoms with Gasteiger partial charge in [0.2, 0.25) is 5.91 Å². The molecule has 0 spiro atoms. The predicted molar refractivity (Wildman–Crippen MR) is 70.8 cm³/mol. The van der Waals surface area contributed by atoms with Crippen LogP contribution in [-0.2, 0) is 4.79 Å². The van der Waals surface area contributed by atoms with Gasteiger partial charge in [-0.2, -0.15) is 11.8 Å². The number of nitrogens with zero attached hydrogens (tertiary/aromatic N) is 1. The highest BCUT2D eigenvalue weighted by Crippen LogP contribution is 2.15. The van der Waals surface area contributed by atoms with E-state index in [1.807, 2.05) is 6.92 Å². The van der Waals surface area contributed by atoms with Crippen LogP contribution in [0.1, 0.15) is 26.7 Å². The van der Waals surface area contributed by atoms with E-state index in [-0.39, 0.29) is 5.92 Å². The molecule has 0 aromatic heterocycles. The minimum atomic E-state index is 0.155. The van der Waals surface area contributed by atoms with Crippen LogP contribution in [0.4, 0.5) is 0 Å². The summed E-state index contributed by atoms with van der Waals surface area (Å²) < 4.78 is 0. The lowest BCUT2D eigenvalue weighted by Gasteiger charge is -2.30. The second kappa shape index (κ2) is 7.17. The largest absolute Gasteiger partial charge is 0.338 e. The van der Waals surface area contributed by atoms with Gasteiger partial charge in [0.15, 0.2) is 0 Å². The Morgan fingerprint density at radius 1 is 1.62 bits per heavy atom. The smallest absolute Gasteiger partial charge is 0.226 e. The zero-order chi connectivity index (χ0) is 12.0. The second-order valence-electron chi connectivity index (χ2n) is 4.53. The molecule has 0 aromatic rings. The molecule has 2 unspecified atom stereocenters. The molecule has 16 heavy (non-hydrogen) atoms. The van der Waals surface area contributed by atoms with Gasteiger partial charge in [-0.1, -0.05) is 13.8 Å². The summed E-state index contributed by atoms with van der Waals surface area (Å²) in [6.45, 7) is 7.11. The maximum Gasteiger partial charge on any atom is 0.226 e. The number of carbonyl (C=O) groups is 1. The third kappa shape index (κ3) is 3.67. The molecular weight excluding hydrogens is 220 g/mol. The summed E-state index contributed by atoms with van der Waals surface area (Å²) in [5, 5.41) is 3.34. The minimum absolute atomic E-state index is 0.155. The van der Waals surface area contributed by atoms with E-state index in [1.165, 1.54) is 0 Å². The van der Waals surface area contributed by atoms with Gasteiger partial charge in [-0.15, -0.1) is 0 Å². The summed E-state index contributed by atoms with van der Waals surface area (Å²) in [6, 6.07) is 0.428. The Balaban J connectivity index is 2.56. The molecule has 2 atom stereocenters. The number of hydrogen-bond donors (Lipinski definition) is 1. The van der Waals surface area contributed by atoms with Crippen molar-refractivity contribution in [1.82, 2.24) is 10.2 Å². The highest BCUT2D eigenvalue weighted by Gasteiger charge is 2.28. The molecule has 1 aliphatic rings. The maximum atomic E-state index is 12.3. The van der Waals surface area contributed by atoms with Crippen LogP contribution < -0.4 is 5.32 Å². The van der Waals surface area contributed by atoms with Gasteiger partial charge >= 0.3 is 0 Å². The van der Waals surface area contributed by atoms with E-state index in [1.54, 1.807) is 11.8 Å². The first-order valence-corrected chi connectivity index (χ1v) is 7.60. The zero-order valence-electron chi connectivity index (χ0n) is 10.7. The Morgan fingerprint density at radius 3 is 2.88 bits per heavy atom. The van der Waals surface area contributed by atoms with Gasteiger partial charge in [0.25, 0.3) is 0 Å². The Bertz CT molecular complexity index is 217. The van der Waals surface area contributed by atoms with Crippen LogP contribution in [0.15, 0.2) is 0 Å². The molecule has 1 saturated heterocycles. The van der Waals surface area contributed by atoms with Crippen molar-refractivity contribution in [2.24, 2.45) is 5.92 Å². The van der Waals surface area contributed by atoms with E-state index in [9.17, 15) is 4.79 Å². The molecule has 0 aliphatic carbocycles. The van der Waals surface area contributed by atoms with Gasteiger partial charge in [0.05, 0.1) is 0 Å². The Hall–Kier alpha value is -0.220. The fourth-order valence-corrected chi connectivity index (χ4v) is 2.87. The molecule has 1 aliphatic heterocycles. The highest BCUT2D eigenvalue weighted by molar-refractivity contribution is 7.98. The van der Waals surface area contributed by atoms with Gasteiger partial charge in [0, 0.05) is 30.8 Å². The number of thioether (sulfide) groups is 1. The first-order valence-electron chi connectivity index (χ1n) is 6.20. The maximum absolute atomic E-state index is 12.3. The van der Waals surface area contributed by atoms with Gasteiger partial charge in [-0.3, -0.25) is 4.79 Å². The summed E-state index contributed by atoms with van der Waals surface area (Å²) in [5.41, 5.74) is 0. The molecule has 1 rings (SSSR count). The van der Waals surface area contributed by atoms with Crippen molar-refractivity contribution in [3.8, 4) is 0 Å². The monoisotopic (exact) mass is 244 g/mol. The van der Waals surface area contributed by atoms with Crippen molar-refractivity contribution >= 4 is 17.7 Å². The van der Waals surface area contributed by atoms with Crippen molar-refractivity contribution in [3.05, 3.63) is 0 Å². The molecule has 0 saturated carbocycles. The molecule has 3 nitrogen and oxygen atoms in total. The van der Waals surface area contributed by atoms with Crippen LogP contribution in [-0.4, -0.2) is 48.5 Å². The van der Waals surface area contributed by atoms with E-state index in [0.717, 1.165) is 38.2 Å². The van der Waals surface area contributed by atoms with Crippen LogP contribution >= 0.6 is 11.8 Å². The molecule has 94 valence electrons. The van der Waals surface area contributed by atoms with E-state index < -0.39 is 0 Å². The lowest BCUT2D eigenvalue weighted by molar-refractivity contribution is -0.136. The van der Waals surface area contributed by atoms with Crippen LogP contribution in [0, 0.1) is 5.92 Å². The van der Waals surface area contributed by atoms with Crippen LogP contribution in [0.25, 0.3) is 0 Å². The van der Waals surface area contributed by atoms with Gasteiger partial charge < -0.3 is 10.2 Å². The van der Waals surface area contributed by atoms with Crippen molar-refractivity contribution in [2.75, 3.05) is 31.6 Å². The molecule has 4 heteroatoms. The lowest BCUT2D eigenvalue weighted by atomic mass is 10.1. The molecule has 1 amide bonds. The third-order valence-corrected chi connectivity index (χ3v) is 3.89. The molecule has 0 bridgehead atoms. The fourth-order valence-electron chi connectivity index (χ4n) is 2.22. The first-order chi connectivity index (χ1) is 7.70. The normalized spacial score (nSPS) is 22.1. The summed E-state index contributed by atoms with van der Waals surface area (Å²) in [6.07, 6.45) is 4.22. The van der Waals surface area contributed by atoms with Crippen molar-refractivity contribution in [2.45, 2.75) is 32.7 Å². The van der Waals surface area contributed by atoms with Crippen molar-refractivity contribution in [1.29, 1.82) is 0 Å². The quantitative estimate of drug-likeness (QED) is 0.770. The Kier molecular flexibility index (Phi) is 6.21. The average molecular weight is 244 g/mol. The molecule has 1 fully saturated rings. The predicted octanol–water partition coefficient (Wildman–Crippen LogP) is 1.59. The van der Waals surface area contributed by atoms with Crippen molar-refractivity contribution in [3.63, 3.8) is 0 Å². The van der Waals surface area contributed by atoms with Crippen LogP contribution in [0.2, 0.25) is 0 Å². The number of hydrogen-bond acceptors (Lipinski definition) is 3. The van der Waals surface area contributed by atoms with Crippen LogP contribution in [0.3, 0.4) is 0 Å². The number of amides is 1. The summed E-state index contributed by atoms with van der Waals surface area (Å²) >= 11 is 1.75. The standard InChI is InChI=1S/C12H24N2OS/c1-4-7-14(11-5-6-13-8-11)12(15)10(2)9-16-3/h10-11,13H,4-9H2,1-3H3. The van der Waals surface area contributed by atoms with E-state index in [0.29, 0.717) is 11.9 Å². The van der Waals surface area contributed by atoms with Crippen molar-refractivity contribution < 1.29 is 4.79 Å². The van der Waals surface area contributed by atoms with Gasteiger partial charge in [0.1, 0.15) is 0 Å². The van der Waals surface area contributed by atoms with E-state index in [2.05, 4.69) is 23.4 Å². The third-order valence-electron chi connectivity index (χ3n) is 3.06.